The van der Waals surface area contributed by atoms with Crippen molar-refractivity contribution < 1.29 is 9.53 Å². The number of alkyl carbamates (subject to hydrolysis) is 1. The highest BCUT2D eigenvalue weighted by molar-refractivity contribution is 5.68. The molecule has 1 atom stereocenters. The lowest BCUT2D eigenvalue weighted by Gasteiger charge is -2.21. The van der Waals surface area contributed by atoms with Crippen molar-refractivity contribution in [1.82, 2.24) is 10.3 Å². The molecular formula is C9H17N3O3. The number of ether oxygens (including phenoxy) is 1. The van der Waals surface area contributed by atoms with Gasteiger partial charge >= 0.3 is 6.09 Å². The molecule has 0 radical (unpaired) electrons. The summed E-state index contributed by atoms with van der Waals surface area (Å²) in [6.45, 7) is 6.47. The van der Waals surface area contributed by atoms with E-state index in [0.717, 1.165) is 6.42 Å². The molecule has 1 N–H and O–H groups in total. The van der Waals surface area contributed by atoms with Gasteiger partial charge in [-0.25, -0.2) is 4.79 Å². The van der Waals surface area contributed by atoms with Crippen molar-refractivity contribution in [2.45, 2.75) is 38.8 Å². The molecule has 1 heterocycles. The molecule has 0 aromatic rings. The molecule has 1 saturated heterocycles. The van der Waals surface area contributed by atoms with E-state index in [9.17, 15) is 9.70 Å². The minimum Gasteiger partial charge on any atom is -0.444 e. The monoisotopic (exact) mass is 215 g/mol. The van der Waals surface area contributed by atoms with Crippen LogP contribution in [0, 0.1) is 4.91 Å². The van der Waals surface area contributed by atoms with E-state index in [4.69, 9.17) is 4.74 Å². The molecule has 1 aliphatic rings. The Kier molecular flexibility index (Phi) is 3.49. The molecule has 0 aromatic carbocycles. The number of nitroso groups, excluding NO2 is 1. The van der Waals surface area contributed by atoms with Crippen molar-refractivity contribution in [3.05, 3.63) is 4.91 Å². The third-order valence-corrected chi connectivity index (χ3v) is 2.00. The maximum absolute atomic E-state index is 11.3. The molecule has 86 valence electrons. The summed E-state index contributed by atoms with van der Waals surface area (Å²) in [5.74, 6) is 0. The van der Waals surface area contributed by atoms with Crippen LogP contribution in [-0.4, -0.2) is 35.8 Å². The van der Waals surface area contributed by atoms with Crippen molar-refractivity contribution in [3.63, 3.8) is 0 Å². The fourth-order valence-corrected chi connectivity index (χ4v) is 1.41. The summed E-state index contributed by atoms with van der Waals surface area (Å²) in [6.07, 6.45) is 0.283. The molecule has 15 heavy (non-hydrogen) atoms. The van der Waals surface area contributed by atoms with Crippen LogP contribution in [0.2, 0.25) is 0 Å². The molecule has 1 amide bonds. The van der Waals surface area contributed by atoms with Gasteiger partial charge in [-0.3, -0.25) is 5.01 Å². The summed E-state index contributed by atoms with van der Waals surface area (Å²) >= 11 is 0. The Balaban J connectivity index is 2.31. The molecule has 1 aliphatic heterocycles. The van der Waals surface area contributed by atoms with Gasteiger partial charge in [0.1, 0.15) is 5.60 Å². The average Bonchev–Trinajstić information content (AvgIpc) is 2.48. The lowest BCUT2D eigenvalue weighted by molar-refractivity contribution is 0.0506. The molecule has 1 fully saturated rings. The summed E-state index contributed by atoms with van der Waals surface area (Å²) in [6, 6.07) is -0.0439. The van der Waals surface area contributed by atoms with Gasteiger partial charge in [-0.2, -0.15) is 0 Å². The Hall–Kier alpha value is -1.33. The minimum atomic E-state index is -0.495. The van der Waals surface area contributed by atoms with Crippen molar-refractivity contribution in [3.8, 4) is 0 Å². The van der Waals surface area contributed by atoms with E-state index in [-0.39, 0.29) is 6.04 Å². The summed E-state index contributed by atoms with van der Waals surface area (Å²) in [5, 5.41) is 6.90. The fraction of sp³-hybridized carbons (Fsp3) is 0.889. The van der Waals surface area contributed by atoms with E-state index in [2.05, 4.69) is 10.6 Å². The first-order valence-corrected chi connectivity index (χ1v) is 4.98. The zero-order valence-corrected chi connectivity index (χ0v) is 9.32. The summed E-state index contributed by atoms with van der Waals surface area (Å²) in [7, 11) is 0. The van der Waals surface area contributed by atoms with Crippen molar-refractivity contribution in [1.29, 1.82) is 0 Å². The number of nitrogens with one attached hydrogen (secondary N) is 1. The Morgan fingerprint density at radius 2 is 2.20 bits per heavy atom. The smallest absolute Gasteiger partial charge is 0.407 e. The molecule has 6 heteroatoms. The van der Waals surface area contributed by atoms with E-state index in [0.29, 0.717) is 13.1 Å². The van der Waals surface area contributed by atoms with Crippen LogP contribution >= 0.6 is 0 Å². The van der Waals surface area contributed by atoms with Crippen LogP contribution in [0.5, 0.6) is 0 Å². The normalized spacial score (nSPS) is 21.3. The largest absolute Gasteiger partial charge is 0.444 e. The quantitative estimate of drug-likeness (QED) is 0.704. The van der Waals surface area contributed by atoms with Crippen LogP contribution in [0.15, 0.2) is 5.29 Å². The Morgan fingerprint density at radius 3 is 2.67 bits per heavy atom. The minimum absolute atomic E-state index is 0.0439. The molecule has 0 bridgehead atoms. The van der Waals surface area contributed by atoms with Crippen LogP contribution in [0.3, 0.4) is 0 Å². The van der Waals surface area contributed by atoms with E-state index in [1.807, 2.05) is 0 Å². The fourth-order valence-electron chi connectivity index (χ4n) is 1.41. The average molecular weight is 215 g/mol. The first-order valence-electron chi connectivity index (χ1n) is 4.98. The van der Waals surface area contributed by atoms with Crippen LogP contribution < -0.4 is 5.32 Å². The molecule has 1 unspecified atom stereocenters. The molecular weight excluding hydrogens is 198 g/mol. The second-order valence-electron chi connectivity index (χ2n) is 4.63. The van der Waals surface area contributed by atoms with Gasteiger partial charge in [0.2, 0.25) is 0 Å². The lowest BCUT2D eigenvalue weighted by Crippen LogP contribution is -2.40. The van der Waals surface area contributed by atoms with Gasteiger partial charge in [-0.15, -0.1) is 4.91 Å². The maximum atomic E-state index is 11.3. The number of carbonyl (C=O) groups is 1. The van der Waals surface area contributed by atoms with Gasteiger partial charge in [0, 0.05) is 6.54 Å². The molecule has 0 saturated carbocycles. The first-order chi connectivity index (χ1) is 6.90. The Labute approximate surface area is 88.9 Å². The molecule has 6 nitrogen and oxygen atoms in total. The van der Waals surface area contributed by atoms with E-state index < -0.39 is 11.7 Å². The molecule has 0 spiro atoms. The predicted octanol–water partition coefficient (Wildman–Crippen LogP) is 1.27. The van der Waals surface area contributed by atoms with E-state index in [1.54, 1.807) is 20.8 Å². The van der Waals surface area contributed by atoms with Crippen LogP contribution in [0.25, 0.3) is 0 Å². The Bertz CT molecular complexity index is 249. The Morgan fingerprint density at radius 1 is 1.53 bits per heavy atom. The van der Waals surface area contributed by atoms with Crippen molar-refractivity contribution in [2.75, 3.05) is 13.1 Å². The van der Waals surface area contributed by atoms with Gasteiger partial charge in [0.25, 0.3) is 0 Å². The zero-order valence-electron chi connectivity index (χ0n) is 9.32. The SMILES string of the molecule is CC(C)(C)OC(=O)NC1CCN(N=O)C1. The summed E-state index contributed by atoms with van der Waals surface area (Å²) < 4.78 is 5.09. The highest BCUT2D eigenvalue weighted by Crippen LogP contribution is 2.11. The van der Waals surface area contributed by atoms with E-state index >= 15 is 0 Å². The third kappa shape index (κ3) is 4.14. The van der Waals surface area contributed by atoms with Crippen molar-refractivity contribution in [2.24, 2.45) is 5.29 Å². The number of nitrogens with zero attached hydrogens (tertiary/aromatic N) is 2. The maximum Gasteiger partial charge on any atom is 0.407 e. The number of amides is 1. The van der Waals surface area contributed by atoms with Crippen LogP contribution in [0.4, 0.5) is 4.79 Å². The lowest BCUT2D eigenvalue weighted by atomic mass is 10.2. The first kappa shape index (κ1) is 11.7. The molecule has 0 aromatic heterocycles. The van der Waals surface area contributed by atoms with E-state index in [1.165, 1.54) is 5.01 Å². The third-order valence-electron chi connectivity index (χ3n) is 2.00. The highest BCUT2D eigenvalue weighted by atomic mass is 16.6. The van der Waals surface area contributed by atoms with Crippen molar-refractivity contribution >= 4 is 6.09 Å². The number of hydrogen-bond acceptors (Lipinski definition) is 4. The second-order valence-corrected chi connectivity index (χ2v) is 4.63. The summed E-state index contributed by atoms with van der Waals surface area (Å²) in [5.41, 5.74) is -0.495. The van der Waals surface area contributed by atoms with Gasteiger partial charge in [-0.05, 0) is 27.2 Å². The molecule has 0 aliphatic carbocycles. The van der Waals surface area contributed by atoms with Gasteiger partial charge in [-0.1, -0.05) is 0 Å². The van der Waals surface area contributed by atoms with Gasteiger partial charge in [0.15, 0.2) is 0 Å². The van der Waals surface area contributed by atoms with Gasteiger partial charge < -0.3 is 10.1 Å². The highest BCUT2D eigenvalue weighted by Gasteiger charge is 2.25. The standard InChI is InChI=1S/C9H17N3O3/c1-9(2,3)15-8(13)10-7-4-5-12(6-7)11-14/h7H,4-6H2,1-3H3,(H,10,13). The van der Waals surface area contributed by atoms with Crippen LogP contribution in [0.1, 0.15) is 27.2 Å². The van der Waals surface area contributed by atoms with Crippen LogP contribution in [-0.2, 0) is 4.74 Å². The number of carbonyl (C=O) groups excluding carboxylic acids is 1. The van der Waals surface area contributed by atoms with Gasteiger partial charge in [0.05, 0.1) is 17.9 Å². The zero-order chi connectivity index (χ0) is 11.5. The molecule has 1 rings (SSSR count). The topological polar surface area (TPSA) is 71.0 Å². The number of rotatable bonds is 2. The second kappa shape index (κ2) is 4.46. The summed E-state index contributed by atoms with van der Waals surface area (Å²) in [4.78, 5) is 21.5. The number of hydrogen-bond donors (Lipinski definition) is 1. The predicted molar refractivity (Wildman–Crippen MR) is 55.1 cm³/mol.